The molecule has 7 nitrogen and oxygen atoms in total. The van der Waals surface area contributed by atoms with Gasteiger partial charge in [0.25, 0.3) is 5.56 Å². The van der Waals surface area contributed by atoms with Gasteiger partial charge in [0.1, 0.15) is 11.6 Å². The number of benzene rings is 1. The third-order valence-electron chi connectivity index (χ3n) is 5.26. The van der Waals surface area contributed by atoms with Gasteiger partial charge in [-0.1, -0.05) is 19.1 Å². The van der Waals surface area contributed by atoms with Crippen molar-refractivity contribution in [3.8, 4) is 5.75 Å². The van der Waals surface area contributed by atoms with Gasteiger partial charge in [-0.05, 0) is 58.6 Å². The third-order valence-corrected chi connectivity index (χ3v) is 5.26. The summed E-state index contributed by atoms with van der Waals surface area (Å²) in [6.45, 7) is 10.4. The monoisotopic (exact) mass is 424 g/mol. The van der Waals surface area contributed by atoms with Crippen LogP contribution in [0.25, 0.3) is 0 Å². The number of aromatic amines is 1. The smallest absolute Gasteiger partial charge is 0.330 e. The number of aliphatic imine (C=N–C) groups is 1. The Bertz CT molecular complexity index is 1120. The first-order chi connectivity index (χ1) is 14.8. The molecule has 1 fully saturated rings. The van der Waals surface area contributed by atoms with Gasteiger partial charge in [0.2, 0.25) is 0 Å². The van der Waals surface area contributed by atoms with Crippen LogP contribution in [-0.2, 0) is 0 Å². The van der Waals surface area contributed by atoms with E-state index in [1.54, 1.807) is 11.5 Å². The van der Waals surface area contributed by atoms with Gasteiger partial charge in [-0.3, -0.25) is 14.3 Å². The summed E-state index contributed by atoms with van der Waals surface area (Å²) in [5.41, 5.74) is 3.67. The van der Waals surface area contributed by atoms with Crippen LogP contribution >= 0.6 is 0 Å². The molecule has 0 bridgehead atoms. The lowest BCUT2D eigenvalue weighted by molar-refractivity contribution is 0.340. The Morgan fingerprint density at radius 3 is 2.68 bits per heavy atom. The molecule has 0 aliphatic heterocycles. The van der Waals surface area contributed by atoms with E-state index in [0.29, 0.717) is 24.4 Å². The molecule has 2 N–H and O–H groups in total. The first-order valence-electron chi connectivity index (χ1n) is 10.9. The summed E-state index contributed by atoms with van der Waals surface area (Å²) in [6, 6.07) is 6.13. The van der Waals surface area contributed by atoms with E-state index in [1.807, 2.05) is 32.0 Å². The number of aryl methyl sites for hydroxylation is 1. The summed E-state index contributed by atoms with van der Waals surface area (Å²) in [5.74, 6) is 1.29. The average Bonchev–Trinajstić information content (AvgIpc) is 3.54. The summed E-state index contributed by atoms with van der Waals surface area (Å²) >= 11 is 0. The van der Waals surface area contributed by atoms with E-state index in [0.717, 1.165) is 47.7 Å². The molecule has 1 aliphatic carbocycles. The Morgan fingerprint density at radius 2 is 2.03 bits per heavy atom. The minimum Gasteiger partial charge on any atom is -0.494 e. The predicted molar refractivity (Wildman–Crippen MR) is 126 cm³/mol. The number of nitrogens with zero attached hydrogens (tertiary/aromatic N) is 2. The van der Waals surface area contributed by atoms with Crippen LogP contribution < -0.4 is 21.3 Å². The number of hydrogen-bond acceptors (Lipinski definition) is 5. The van der Waals surface area contributed by atoms with Crippen molar-refractivity contribution in [1.29, 1.82) is 0 Å². The van der Waals surface area contributed by atoms with Gasteiger partial charge >= 0.3 is 5.69 Å². The quantitative estimate of drug-likeness (QED) is 0.567. The van der Waals surface area contributed by atoms with Gasteiger partial charge in [0.05, 0.1) is 12.2 Å². The number of ether oxygens (including phenoxy) is 1. The molecule has 1 aromatic heterocycles. The van der Waals surface area contributed by atoms with Crippen molar-refractivity contribution in [3.05, 3.63) is 61.9 Å². The Hall–Kier alpha value is -3.09. The van der Waals surface area contributed by atoms with Crippen LogP contribution in [0.15, 0.2) is 44.6 Å². The van der Waals surface area contributed by atoms with Crippen LogP contribution in [0.1, 0.15) is 63.6 Å². The first-order valence-corrected chi connectivity index (χ1v) is 10.9. The predicted octanol–water partition coefficient (Wildman–Crippen LogP) is 4.78. The van der Waals surface area contributed by atoms with E-state index in [4.69, 9.17) is 9.73 Å². The van der Waals surface area contributed by atoms with Crippen molar-refractivity contribution in [3.63, 3.8) is 0 Å². The van der Waals surface area contributed by atoms with Crippen LogP contribution in [0.4, 0.5) is 11.5 Å². The molecule has 1 aliphatic rings. The molecule has 0 saturated heterocycles. The fourth-order valence-corrected chi connectivity index (χ4v) is 3.51. The number of rotatable bonds is 9. The van der Waals surface area contributed by atoms with Crippen molar-refractivity contribution < 1.29 is 4.74 Å². The Labute approximate surface area is 182 Å². The second kappa shape index (κ2) is 9.81. The molecule has 2 aromatic rings. The van der Waals surface area contributed by atoms with Crippen LogP contribution in [0.3, 0.4) is 0 Å². The van der Waals surface area contributed by atoms with E-state index in [-0.39, 0.29) is 17.3 Å². The van der Waals surface area contributed by atoms with Gasteiger partial charge in [-0.2, -0.15) is 0 Å². The molecule has 166 valence electrons. The Morgan fingerprint density at radius 1 is 1.29 bits per heavy atom. The molecule has 7 heteroatoms. The topological polar surface area (TPSA) is 88.5 Å². The number of allylic oxidation sites excluding steroid dienone is 2. The highest BCUT2D eigenvalue weighted by Crippen LogP contribution is 2.37. The van der Waals surface area contributed by atoms with Crippen molar-refractivity contribution in [2.75, 3.05) is 11.9 Å². The zero-order chi connectivity index (χ0) is 22.5. The van der Waals surface area contributed by atoms with Crippen LogP contribution in [0.5, 0.6) is 5.75 Å². The lowest BCUT2D eigenvalue weighted by atomic mass is 10.1. The molecule has 3 rings (SSSR count). The zero-order valence-corrected chi connectivity index (χ0v) is 19.0. The fraction of sp³-hybridized carbons (Fsp3) is 0.458. The maximum atomic E-state index is 12.4. The van der Waals surface area contributed by atoms with Crippen LogP contribution in [-0.4, -0.2) is 21.9 Å². The molecular weight excluding hydrogens is 392 g/mol. The second-order valence-corrected chi connectivity index (χ2v) is 8.01. The fourth-order valence-electron chi connectivity index (χ4n) is 3.51. The Balaban J connectivity index is 1.89. The minimum absolute atomic E-state index is 0.127. The molecule has 1 heterocycles. The van der Waals surface area contributed by atoms with E-state index < -0.39 is 0 Å². The Kier molecular flexibility index (Phi) is 7.15. The van der Waals surface area contributed by atoms with Gasteiger partial charge in [0.15, 0.2) is 0 Å². The first kappa shape index (κ1) is 22.6. The molecule has 0 atom stereocenters. The van der Waals surface area contributed by atoms with Crippen molar-refractivity contribution in [2.45, 2.75) is 66.3 Å². The summed E-state index contributed by atoms with van der Waals surface area (Å²) in [4.78, 5) is 31.7. The van der Waals surface area contributed by atoms with E-state index in [1.165, 1.54) is 0 Å². The number of hydrogen-bond donors (Lipinski definition) is 2. The van der Waals surface area contributed by atoms with Gasteiger partial charge in [-0.25, -0.2) is 9.79 Å². The summed E-state index contributed by atoms with van der Waals surface area (Å²) < 4.78 is 7.26. The average molecular weight is 425 g/mol. The molecule has 31 heavy (non-hydrogen) atoms. The van der Waals surface area contributed by atoms with E-state index in [9.17, 15) is 9.59 Å². The van der Waals surface area contributed by atoms with Gasteiger partial charge in [-0.15, -0.1) is 0 Å². The molecule has 0 radical (unpaired) electrons. The second-order valence-electron chi connectivity index (χ2n) is 8.01. The van der Waals surface area contributed by atoms with Crippen molar-refractivity contribution in [2.24, 2.45) is 4.99 Å². The van der Waals surface area contributed by atoms with Crippen LogP contribution in [0, 0.1) is 13.8 Å². The number of anilines is 1. The molecule has 0 unspecified atom stereocenters. The van der Waals surface area contributed by atoms with Crippen molar-refractivity contribution >= 4 is 17.2 Å². The number of H-pyrrole nitrogens is 1. The summed E-state index contributed by atoms with van der Waals surface area (Å²) in [6.07, 6.45) is 5.45. The molecule has 1 aromatic carbocycles. The van der Waals surface area contributed by atoms with Gasteiger partial charge in [0, 0.05) is 35.6 Å². The van der Waals surface area contributed by atoms with E-state index >= 15 is 0 Å². The molecule has 0 spiro atoms. The summed E-state index contributed by atoms with van der Waals surface area (Å²) in [5, 5.41) is 3.51. The lowest BCUT2D eigenvalue weighted by Crippen LogP contribution is -2.31. The highest BCUT2D eigenvalue weighted by atomic mass is 16.5. The number of nitrogens with one attached hydrogen (secondary N) is 2. The zero-order valence-electron chi connectivity index (χ0n) is 19.0. The normalized spacial score (nSPS) is 14.6. The van der Waals surface area contributed by atoms with Crippen LogP contribution in [0.2, 0.25) is 0 Å². The third kappa shape index (κ3) is 5.54. The largest absolute Gasteiger partial charge is 0.494 e. The maximum absolute atomic E-state index is 12.4. The van der Waals surface area contributed by atoms with Crippen molar-refractivity contribution in [1.82, 2.24) is 9.55 Å². The molecular formula is C24H32N4O3. The SMILES string of the molecule is CC/C=C(\CC(C)=Nc1c(C)c(=O)[nH]c(=O)n1C1CC1)Nc1cc(OCC)ccc1C. The van der Waals surface area contributed by atoms with E-state index in [2.05, 4.69) is 30.2 Å². The molecule has 1 saturated carbocycles. The maximum Gasteiger partial charge on any atom is 0.330 e. The lowest BCUT2D eigenvalue weighted by Gasteiger charge is -2.16. The number of aromatic nitrogens is 2. The highest BCUT2D eigenvalue weighted by molar-refractivity contribution is 5.87. The highest BCUT2D eigenvalue weighted by Gasteiger charge is 2.28. The summed E-state index contributed by atoms with van der Waals surface area (Å²) in [7, 11) is 0. The molecule has 0 amide bonds. The minimum atomic E-state index is -0.379. The van der Waals surface area contributed by atoms with Gasteiger partial charge < -0.3 is 10.1 Å². The standard InChI is InChI=1S/C24H32N4O3/c1-6-8-18(26-21-14-20(31-7-2)12-9-15(21)3)13-16(4)25-22-17(5)23(29)27-24(30)28(22)19-10-11-19/h8-9,12,14,19,26H,6-7,10-11,13H2,1-5H3,(H,27,29,30)/b18-8+,25-16?.